The Hall–Kier alpha value is -4.96. The predicted octanol–water partition coefficient (Wildman–Crippen LogP) is 3.03. The van der Waals surface area contributed by atoms with Crippen LogP contribution >= 0.6 is 0 Å². The van der Waals surface area contributed by atoms with Crippen molar-refractivity contribution in [2.75, 3.05) is 44.4 Å². The molecule has 3 aromatic carbocycles. The molecule has 3 aromatic rings. The second kappa shape index (κ2) is 12.3. The Morgan fingerprint density at radius 2 is 1.68 bits per heavy atom. The maximum atomic E-state index is 13.2. The third-order valence-electron chi connectivity index (χ3n) is 6.54. The number of likely N-dealkylation sites (N-methyl/N-ethyl adjacent to an activating group) is 2. The van der Waals surface area contributed by atoms with Gasteiger partial charge in [0.1, 0.15) is 0 Å². The fourth-order valence-electron chi connectivity index (χ4n) is 4.40. The number of anilines is 2. The third kappa shape index (κ3) is 6.36. The van der Waals surface area contributed by atoms with Crippen LogP contribution in [0.5, 0.6) is 0 Å². The van der Waals surface area contributed by atoms with Crippen LogP contribution < -0.4 is 21.3 Å². The Morgan fingerprint density at radius 1 is 0.975 bits per heavy atom. The van der Waals surface area contributed by atoms with Crippen LogP contribution in [0.1, 0.15) is 37.4 Å². The van der Waals surface area contributed by atoms with Gasteiger partial charge in [-0.05, 0) is 61.5 Å². The molecular weight excluding hydrogens is 510 g/mol. The highest BCUT2D eigenvalue weighted by atomic mass is 16.4. The van der Waals surface area contributed by atoms with Crippen molar-refractivity contribution in [2.45, 2.75) is 6.92 Å². The zero-order valence-corrected chi connectivity index (χ0v) is 22.5. The molecule has 0 saturated carbocycles. The predicted molar refractivity (Wildman–Crippen MR) is 154 cm³/mol. The quantitative estimate of drug-likeness (QED) is 0.249. The summed E-state index contributed by atoms with van der Waals surface area (Å²) in [5.74, 6) is -1.75. The molecule has 40 heavy (non-hydrogen) atoms. The molecule has 3 amide bonds. The summed E-state index contributed by atoms with van der Waals surface area (Å²) in [5, 5.41) is 21.0. The first kappa shape index (κ1) is 28.1. The standard InChI is InChI=1S/C30H31N5O5/c1-18-15-23-24(16-22(18)30(39)40)34-29(38)26(23)27(19-7-5-4-6-8-19)33-21-11-9-20(10-12-21)28(37)32-13-14-35(3)17-25(36)31-2/h4-12,15-16,33H,13-14,17H2,1-3H3,(H,31,36)(H,32,37)(H,34,38)(H,39,40)/b27-26+. The van der Waals surface area contributed by atoms with Crippen molar-refractivity contribution in [2.24, 2.45) is 0 Å². The number of hydrogen-bond donors (Lipinski definition) is 5. The van der Waals surface area contributed by atoms with Gasteiger partial charge in [0, 0.05) is 37.0 Å². The lowest BCUT2D eigenvalue weighted by Gasteiger charge is -2.16. The number of amides is 3. The Labute approximate surface area is 232 Å². The smallest absolute Gasteiger partial charge is 0.336 e. The summed E-state index contributed by atoms with van der Waals surface area (Å²) in [6, 6.07) is 19.4. The average Bonchev–Trinajstić information content (AvgIpc) is 3.25. The van der Waals surface area contributed by atoms with Crippen molar-refractivity contribution in [1.82, 2.24) is 15.5 Å². The molecule has 0 saturated heterocycles. The number of nitrogens with one attached hydrogen (secondary N) is 4. The van der Waals surface area contributed by atoms with Crippen LogP contribution in [0, 0.1) is 6.92 Å². The van der Waals surface area contributed by atoms with Gasteiger partial charge in [0.05, 0.1) is 29.1 Å². The van der Waals surface area contributed by atoms with E-state index in [0.717, 1.165) is 5.56 Å². The Kier molecular flexibility index (Phi) is 8.60. The lowest BCUT2D eigenvalue weighted by molar-refractivity contribution is -0.121. The number of benzene rings is 3. The minimum Gasteiger partial charge on any atom is -0.478 e. The number of carbonyl (C=O) groups excluding carboxylic acids is 3. The minimum atomic E-state index is -1.06. The maximum Gasteiger partial charge on any atom is 0.336 e. The van der Waals surface area contributed by atoms with E-state index < -0.39 is 5.97 Å². The molecule has 1 heterocycles. The molecule has 1 aliphatic rings. The fraction of sp³-hybridized carbons (Fsp3) is 0.200. The van der Waals surface area contributed by atoms with Crippen molar-refractivity contribution < 1.29 is 24.3 Å². The highest BCUT2D eigenvalue weighted by Crippen LogP contribution is 2.39. The van der Waals surface area contributed by atoms with Crippen molar-refractivity contribution >= 4 is 46.3 Å². The summed E-state index contributed by atoms with van der Waals surface area (Å²) in [6.45, 7) is 2.84. The summed E-state index contributed by atoms with van der Waals surface area (Å²) in [7, 11) is 3.38. The summed E-state index contributed by atoms with van der Waals surface area (Å²) in [5.41, 5.74) is 4.55. The van der Waals surface area contributed by atoms with Gasteiger partial charge in [0.25, 0.3) is 11.8 Å². The number of aromatic carboxylic acids is 1. The van der Waals surface area contributed by atoms with Gasteiger partial charge in [0.15, 0.2) is 0 Å². The van der Waals surface area contributed by atoms with Gasteiger partial charge in [-0.1, -0.05) is 30.3 Å². The van der Waals surface area contributed by atoms with E-state index in [4.69, 9.17) is 0 Å². The number of carboxylic acids is 1. The molecule has 0 atom stereocenters. The van der Waals surface area contributed by atoms with E-state index in [1.54, 1.807) is 51.4 Å². The van der Waals surface area contributed by atoms with Gasteiger partial charge >= 0.3 is 5.97 Å². The fourth-order valence-corrected chi connectivity index (χ4v) is 4.40. The van der Waals surface area contributed by atoms with Crippen molar-refractivity contribution in [1.29, 1.82) is 0 Å². The van der Waals surface area contributed by atoms with E-state index in [0.29, 0.717) is 52.4 Å². The highest BCUT2D eigenvalue weighted by molar-refractivity contribution is 6.37. The summed E-state index contributed by atoms with van der Waals surface area (Å²) < 4.78 is 0. The van der Waals surface area contributed by atoms with E-state index in [1.165, 1.54) is 6.07 Å². The van der Waals surface area contributed by atoms with E-state index in [1.807, 2.05) is 35.2 Å². The monoisotopic (exact) mass is 541 g/mol. The van der Waals surface area contributed by atoms with E-state index in [9.17, 15) is 24.3 Å². The normalized spacial score (nSPS) is 13.3. The molecule has 0 aromatic heterocycles. The third-order valence-corrected chi connectivity index (χ3v) is 6.54. The average molecular weight is 542 g/mol. The number of aryl methyl sites for hydroxylation is 1. The van der Waals surface area contributed by atoms with Crippen molar-refractivity contribution in [3.63, 3.8) is 0 Å². The number of nitrogens with zero attached hydrogens (tertiary/aromatic N) is 1. The second-order valence-electron chi connectivity index (χ2n) is 9.46. The molecule has 206 valence electrons. The van der Waals surface area contributed by atoms with Gasteiger partial charge in [-0.25, -0.2) is 4.79 Å². The summed E-state index contributed by atoms with van der Waals surface area (Å²) >= 11 is 0. The maximum absolute atomic E-state index is 13.2. The van der Waals surface area contributed by atoms with Crippen LogP contribution in [0.2, 0.25) is 0 Å². The number of fused-ring (bicyclic) bond motifs is 1. The molecule has 4 rings (SSSR count). The largest absolute Gasteiger partial charge is 0.478 e. The second-order valence-corrected chi connectivity index (χ2v) is 9.46. The Morgan fingerprint density at radius 3 is 2.33 bits per heavy atom. The Bertz CT molecular complexity index is 1480. The highest BCUT2D eigenvalue weighted by Gasteiger charge is 2.30. The summed E-state index contributed by atoms with van der Waals surface area (Å²) in [4.78, 5) is 50.7. The SMILES string of the molecule is CNC(=O)CN(C)CCNC(=O)c1ccc(N/C(=C2/C(=O)Nc3cc(C(=O)O)c(C)cc32)c2ccccc2)cc1. The van der Waals surface area contributed by atoms with Crippen LogP contribution in [0.15, 0.2) is 66.7 Å². The topological polar surface area (TPSA) is 140 Å². The lowest BCUT2D eigenvalue weighted by atomic mass is 9.96. The lowest BCUT2D eigenvalue weighted by Crippen LogP contribution is -2.38. The molecule has 10 nitrogen and oxygen atoms in total. The van der Waals surface area contributed by atoms with Gasteiger partial charge in [0.2, 0.25) is 5.91 Å². The van der Waals surface area contributed by atoms with Gasteiger partial charge in [-0.3, -0.25) is 19.3 Å². The number of hydrogen-bond acceptors (Lipinski definition) is 6. The van der Waals surface area contributed by atoms with Crippen LogP contribution in [0.3, 0.4) is 0 Å². The van der Waals surface area contributed by atoms with Gasteiger partial charge < -0.3 is 26.4 Å². The van der Waals surface area contributed by atoms with E-state index in [-0.39, 0.29) is 29.8 Å². The molecule has 0 aliphatic carbocycles. The number of rotatable bonds is 10. The zero-order chi connectivity index (χ0) is 28.8. The molecule has 0 unspecified atom stereocenters. The molecule has 0 radical (unpaired) electrons. The van der Waals surface area contributed by atoms with Crippen LogP contribution in [-0.2, 0) is 9.59 Å². The molecule has 5 N–H and O–H groups in total. The molecule has 0 spiro atoms. The molecule has 0 bridgehead atoms. The van der Waals surface area contributed by atoms with Gasteiger partial charge in [-0.2, -0.15) is 0 Å². The Balaban J connectivity index is 1.56. The first-order valence-corrected chi connectivity index (χ1v) is 12.7. The van der Waals surface area contributed by atoms with Crippen molar-refractivity contribution in [3.8, 4) is 0 Å². The first-order chi connectivity index (χ1) is 19.2. The van der Waals surface area contributed by atoms with Crippen LogP contribution in [0.25, 0.3) is 11.3 Å². The van der Waals surface area contributed by atoms with Crippen LogP contribution in [-0.4, -0.2) is 67.4 Å². The minimum absolute atomic E-state index is 0.0968. The van der Waals surface area contributed by atoms with Gasteiger partial charge in [-0.15, -0.1) is 0 Å². The number of carboxylic acid groups (broad SMARTS) is 1. The first-order valence-electron chi connectivity index (χ1n) is 12.7. The molecule has 0 fully saturated rings. The summed E-state index contributed by atoms with van der Waals surface area (Å²) in [6.07, 6.45) is 0. The van der Waals surface area contributed by atoms with Crippen LogP contribution in [0.4, 0.5) is 11.4 Å². The molecular formula is C30H31N5O5. The van der Waals surface area contributed by atoms with Crippen molar-refractivity contribution in [3.05, 3.63) is 94.5 Å². The van der Waals surface area contributed by atoms with E-state index >= 15 is 0 Å². The molecule has 1 aliphatic heterocycles. The number of carbonyl (C=O) groups is 4. The molecule has 10 heteroatoms. The zero-order valence-electron chi connectivity index (χ0n) is 22.5. The van der Waals surface area contributed by atoms with E-state index in [2.05, 4.69) is 21.3 Å².